The molecule has 9 heavy (non-hydrogen) atoms. The van der Waals surface area contributed by atoms with Crippen LogP contribution in [-0.2, 0) is 4.74 Å². The molecule has 0 aliphatic heterocycles. The highest BCUT2D eigenvalue weighted by Gasteiger charge is 1.92. The topological polar surface area (TPSA) is 51.0 Å². The number of rotatable bonds is 2. The van der Waals surface area contributed by atoms with Gasteiger partial charge in [0.1, 0.15) is 0 Å². The van der Waals surface area contributed by atoms with Gasteiger partial charge in [-0.1, -0.05) is 5.11 Å². The summed E-state index contributed by atoms with van der Waals surface area (Å²) in [5, 5.41) is 6.64. The molecule has 1 amide bonds. The number of ether oxygens (including phenoxy) is 1. The molecule has 0 aromatic carbocycles. The summed E-state index contributed by atoms with van der Waals surface area (Å²) in [6.07, 6.45) is -0.612. The van der Waals surface area contributed by atoms with Crippen LogP contribution in [0.3, 0.4) is 0 Å². The first-order valence-corrected chi connectivity index (χ1v) is 2.85. The molecule has 0 heterocycles. The van der Waals surface area contributed by atoms with Crippen molar-refractivity contribution in [1.29, 1.82) is 0 Å². The maximum absolute atomic E-state index is 10.3. The zero-order chi connectivity index (χ0) is 7.11. The third kappa shape index (κ3) is 4.93. The van der Waals surface area contributed by atoms with Crippen LogP contribution in [0.15, 0.2) is 10.2 Å². The van der Waals surface area contributed by atoms with Gasteiger partial charge in [0, 0.05) is 0 Å². The lowest BCUT2D eigenvalue weighted by Gasteiger charge is -1.90. The molecular weight excluding hydrogens is 120 g/mol. The summed E-state index contributed by atoms with van der Waals surface area (Å²) in [6, 6.07) is 0. The number of nitrogens with zero attached hydrogens (tertiary/aromatic N) is 2. The maximum atomic E-state index is 10.3. The molecule has 0 bridgehead atoms. The fourth-order valence-corrected chi connectivity index (χ4v) is 0.281. The van der Waals surface area contributed by atoms with Crippen molar-refractivity contribution in [2.24, 2.45) is 10.2 Å². The molecule has 0 fully saturated rings. The Morgan fingerprint density at radius 3 is 2.67 bits per heavy atom. The Morgan fingerprint density at radius 2 is 2.22 bits per heavy atom. The fraction of sp³-hybridized carbons (Fsp3) is 0.800. The molecule has 0 aliphatic carbocycles. The highest BCUT2D eigenvalue weighted by Crippen LogP contribution is 1.83. The molecule has 0 spiro atoms. The van der Waals surface area contributed by atoms with E-state index in [0.29, 0.717) is 13.2 Å². The van der Waals surface area contributed by atoms with Crippen molar-refractivity contribution in [3.63, 3.8) is 0 Å². The predicted molar refractivity (Wildman–Crippen MR) is 32.4 cm³/mol. The summed E-state index contributed by atoms with van der Waals surface area (Å²) in [5.41, 5.74) is 0. The number of amides is 1. The van der Waals surface area contributed by atoms with Gasteiger partial charge in [0.2, 0.25) is 0 Å². The number of hydrogen-bond acceptors (Lipinski definition) is 3. The second kappa shape index (κ2) is 5.21. The first-order valence-electron chi connectivity index (χ1n) is 2.85. The van der Waals surface area contributed by atoms with Gasteiger partial charge in [-0.15, -0.1) is 0 Å². The highest BCUT2D eigenvalue weighted by molar-refractivity contribution is 5.67. The van der Waals surface area contributed by atoms with E-state index in [1.165, 1.54) is 0 Å². The van der Waals surface area contributed by atoms with Crippen molar-refractivity contribution in [3.05, 3.63) is 0 Å². The van der Waals surface area contributed by atoms with Crippen LogP contribution >= 0.6 is 0 Å². The largest absolute Gasteiger partial charge is 0.452 e. The Labute approximate surface area is 53.9 Å². The summed E-state index contributed by atoms with van der Waals surface area (Å²) in [6.45, 7) is 4.38. The normalized spacial score (nSPS) is 10.0. The van der Waals surface area contributed by atoms with Crippen molar-refractivity contribution < 1.29 is 9.53 Å². The van der Waals surface area contributed by atoms with Gasteiger partial charge in [0.25, 0.3) is 0 Å². The summed E-state index contributed by atoms with van der Waals surface area (Å²) in [7, 11) is 0. The van der Waals surface area contributed by atoms with Crippen molar-refractivity contribution in [2.45, 2.75) is 13.8 Å². The number of azo groups is 1. The first-order chi connectivity index (χ1) is 4.31. The van der Waals surface area contributed by atoms with E-state index in [0.717, 1.165) is 0 Å². The van der Waals surface area contributed by atoms with Crippen LogP contribution in [0.5, 0.6) is 0 Å². The Balaban J connectivity index is 3.37. The van der Waals surface area contributed by atoms with E-state index in [4.69, 9.17) is 0 Å². The minimum atomic E-state index is -0.612. The Bertz CT molecular complexity index is 112. The van der Waals surface area contributed by atoms with E-state index in [-0.39, 0.29) is 0 Å². The second-order valence-electron chi connectivity index (χ2n) is 1.26. The molecule has 0 saturated carbocycles. The number of hydrogen-bond donors (Lipinski definition) is 0. The van der Waals surface area contributed by atoms with Gasteiger partial charge >= 0.3 is 6.09 Å². The molecule has 0 aromatic heterocycles. The van der Waals surface area contributed by atoms with Gasteiger partial charge in [-0.25, -0.2) is 4.79 Å². The van der Waals surface area contributed by atoms with Gasteiger partial charge in [-0.3, -0.25) is 0 Å². The lowest BCUT2D eigenvalue weighted by atomic mass is 10.8. The standard InChI is InChI=1S/C5H10N2O2/c1-3-6-7-5(8)9-4-2/h3-4H2,1-2H3. The Kier molecular flexibility index (Phi) is 4.67. The van der Waals surface area contributed by atoms with Crippen molar-refractivity contribution in [2.75, 3.05) is 13.2 Å². The van der Waals surface area contributed by atoms with E-state index < -0.39 is 6.09 Å². The summed E-state index contributed by atoms with van der Waals surface area (Å²) >= 11 is 0. The predicted octanol–water partition coefficient (Wildman–Crippen LogP) is 1.61. The molecule has 0 atom stereocenters. The van der Waals surface area contributed by atoms with Crippen LogP contribution in [0.4, 0.5) is 4.79 Å². The molecule has 0 saturated heterocycles. The van der Waals surface area contributed by atoms with E-state index in [2.05, 4.69) is 15.0 Å². The summed E-state index contributed by atoms with van der Waals surface area (Å²) < 4.78 is 4.44. The van der Waals surface area contributed by atoms with Gasteiger partial charge in [0.05, 0.1) is 13.2 Å². The van der Waals surface area contributed by atoms with Crippen molar-refractivity contribution >= 4 is 6.09 Å². The van der Waals surface area contributed by atoms with Crippen LogP contribution in [0, 0.1) is 0 Å². The number of carbonyl (C=O) groups is 1. The quantitative estimate of drug-likeness (QED) is 0.533. The van der Waals surface area contributed by atoms with Gasteiger partial charge in [-0.05, 0) is 13.8 Å². The molecule has 0 aliphatic rings. The van der Waals surface area contributed by atoms with Crippen molar-refractivity contribution in [3.8, 4) is 0 Å². The molecule has 4 nitrogen and oxygen atoms in total. The van der Waals surface area contributed by atoms with Crippen LogP contribution in [0.1, 0.15) is 13.8 Å². The zero-order valence-electron chi connectivity index (χ0n) is 5.63. The average Bonchev–Trinajstić information content (AvgIpc) is 1.85. The highest BCUT2D eigenvalue weighted by atomic mass is 16.5. The molecular formula is C5H10N2O2. The van der Waals surface area contributed by atoms with Gasteiger partial charge in [-0.2, -0.15) is 5.11 Å². The van der Waals surface area contributed by atoms with Gasteiger partial charge < -0.3 is 4.74 Å². The average molecular weight is 130 g/mol. The zero-order valence-corrected chi connectivity index (χ0v) is 5.63. The van der Waals surface area contributed by atoms with Crippen LogP contribution in [0.25, 0.3) is 0 Å². The number of carbonyl (C=O) groups excluding carboxylic acids is 1. The maximum Gasteiger partial charge on any atom is 0.452 e. The van der Waals surface area contributed by atoms with Crippen LogP contribution in [-0.4, -0.2) is 19.2 Å². The van der Waals surface area contributed by atoms with Crippen LogP contribution < -0.4 is 0 Å². The summed E-state index contributed by atoms with van der Waals surface area (Å²) in [4.78, 5) is 10.3. The molecule has 0 radical (unpaired) electrons. The molecule has 52 valence electrons. The SMILES string of the molecule is CCN=NC(=O)OCC. The third-order valence-corrected chi connectivity index (χ3v) is 0.562. The van der Waals surface area contributed by atoms with Crippen LogP contribution in [0.2, 0.25) is 0 Å². The molecule has 0 aromatic rings. The van der Waals surface area contributed by atoms with E-state index in [9.17, 15) is 4.79 Å². The Hall–Kier alpha value is -0.930. The van der Waals surface area contributed by atoms with E-state index >= 15 is 0 Å². The van der Waals surface area contributed by atoms with Gasteiger partial charge in [0.15, 0.2) is 0 Å². The lowest BCUT2D eigenvalue weighted by molar-refractivity contribution is 0.161. The second-order valence-corrected chi connectivity index (χ2v) is 1.26. The molecule has 0 N–H and O–H groups in total. The minimum absolute atomic E-state index is 0.349. The lowest BCUT2D eigenvalue weighted by Crippen LogP contribution is -1.95. The molecule has 0 unspecified atom stereocenters. The first kappa shape index (κ1) is 8.07. The fourth-order valence-electron chi connectivity index (χ4n) is 0.281. The van der Waals surface area contributed by atoms with Crippen molar-refractivity contribution in [1.82, 2.24) is 0 Å². The summed E-state index contributed by atoms with van der Waals surface area (Å²) in [5.74, 6) is 0. The molecule has 4 heteroatoms. The minimum Gasteiger partial charge on any atom is -0.447 e. The van der Waals surface area contributed by atoms with E-state index in [1.54, 1.807) is 13.8 Å². The Morgan fingerprint density at radius 1 is 1.56 bits per heavy atom. The molecule has 0 rings (SSSR count). The third-order valence-electron chi connectivity index (χ3n) is 0.562. The van der Waals surface area contributed by atoms with E-state index in [1.807, 2.05) is 0 Å². The smallest absolute Gasteiger partial charge is 0.447 e. The monoisotopic (exact) mass is 130 g/mol.